The maximum atomic E-state index is 12.3. The number of hydrogen-bond acceptors (Lipinski definition) is 3. The van der Waals surface area contributed by atoms with Gasteiger partial charge in [0.25, 0.3) is 11.6 Å². The summed E-state index contributed by atoms with van der Waals surface area (Å²) in [6.45, 7) is 4.35. The second-order valence-electron chi connectivity index (χ2n) is 5.98. The minimum absolute atomic E-state index is 0.100. The van der Waals surface area contributed by atoms with Crippen LogP contribution in [0.2, 0.25) is 5.02 Å². The Morgan fingerprint density at radius 2 is 1.90 bits per heavy atom. The van der Waals surface area contributed by atoms with Crippen molar-refractivity contribution in [2.75, 3.05) is 0 Å². The Labute approximate surface area is 128 Å². The maximum absolute atomic E-state index is 12.3. The van der Waals surface area contributed by atoms with Crippen molar-refractivity contribution < 1.29 is 9.72 Å². The van der Waals surface area contributed by atoms with Gasteiger partial charge in [-0.15, -0.1) is 0 Å². The van der Waals surface area contributed by atoms with Gasteiger partial charge in [0, 0.05) is 12.1 Å². The van der Waals surface area contributed by atoms with Gasteiger partial charge in [0.1, 0.15) is 5.02 Å². The third-order valence-corrected chi connectivity index (χ3v) is 4.33. The first kappa shape index (κ1) is 15.8. The molecule has 0 bridgehead atoms. The van der Waals surface area contributed by atoms with E-state index in [1.807, 2.05) is 0 Å². The van der Waals surface area contributed by atoms with Gasteiger partial charge in [-0.3, -0.25) is 14.9 Å². The lowest BCUT2D eigenvalue weighted by Crippen LogP contribution is -2.40. The molecule has 0 spiro atoms. The molecule has 1 aromatic rings. The van der Waals surface area contributed by atoms with Crippen molar-refractivity contribution in [3.63, 3.8) is 0 Å². The molecule has 1 amide bonds. The first-order valence-electron chi connectivity index (χ1n) is 7.12. The van der Waals surface area contributed by atoms with Crippen LogP contribution in [0.4, 0.5) is 5.69 Å². The van der Waals surface area contributed by atoms with Crippen molar-refractivity contribution >= 4 is 23.2 Å². The summed E-state index contributed by atoms with van der Waals surface area (Å²) in [7, 11) is 0. The molecule has 0 radical (unpaired) electrons. The van der Waals surface area contributed by atoms with E-state index in [0.29, 0.717) is 11.8 Å². The summed E-state index contributed by atoms with van der Waals surface area (Å²) >= 11 is 5.97. The molecule has 1 fully saturated rings. The highest BCUT2D eigenvalue weighted by atomic mass is 35.5. The molecule has 21 heavy (non-hydrogen) atoms. The van der Waals surface area contributed by atoms with Crippen molar-refractivity contribution in [1.29, 1.82) is 0 Å². The van der Waals surface area contributed by atoms with Gasteiger partial charge in [0.05, 0.1) is 10.5 Å². The molecule has 6 heteroatoms. The lowest BCUT2D eigenvalue weighted by Gasteiger charge is -2.32. The number of nitro benzene ring substituents is 1. The number of rotatable bonds is 3. The second kappa shape index (κ2) is 6.43. The lowest BCUT2D eigenvalue weighted by atomic mass is 9.80. The van der Waals surface area contributed by atoms with Crippen LogP contribution >= 0.6 is 11.6 Å². The molecule has 0 saturated heterocycles. The van der Waals surface area contributed by atoms with E-state index < -0.39 is 4.92 Å². The van der Waals surface area contributed by atoms with Crippen LogP contribution in [-0.2, 0) is 0 Å². The summed E-state index contributed by atoms with van der Waals surface area (Å²) in [5, 5.41) is 13.7. The zero-order chi connectivity index (χ0) is 15.6. The summed E-state index contributed by atoms with van der Waals surface area (Å²) in [4.78, 5) is 22.6. The second-order valence-corrected chi connectivity index (χ2v) is 6.36. The number of nitro groups is 1. The molecule has 2 unspecified atom stereocenters. The summed E-state index contributed by atoms with van der Waals surface area (Å²) in [5.74, 6) is 0.800. The zero-order valence-electron chi connectivity index (χ0n) is 12.1. The fourth-order valence-electron chi connectivity index (χ4n) is 3.16. The fourth-order valence-corrected chi connectivity index (χ4v) is 3.44. The maximum Gasteiger partial charge on any atom is 0.288 e. The molecular formula is C15H19ClN2O3. The van der Waals surface area contributed by atoms with Crippen molar-refractivity contribution in [3.05, 3.63) is 38.9 Å². The van der Waals surface area contributed by atoms with E-state index in [1.54, 1.807) is 0 Å². The van der Waals surface area contributed by atoms with Crippen LogP contribution < -0.4 is 5.32 Å². The summed E-state index contributed by atoms with van der Waals surface area (Å²) in [6, 6.07) is 4.39. The van der Waals surface area contributed by atoms with E-state index in [2.05, 4.69) is 19.2 Å². The molecule has 0 heterocycles. The van der Waals surface area contributed by atoms with Gasteiger partial charge < -0.3 is 5.32 Å². The van der Waals surface area contributed by atoms with Crippen LogP contribution in [0.3, 0.4) is 0 Å². The van der Waals surface area contributed by atoms with Gasteiger partial charge in [-0.2, -0.15) is 0 Å². The first-order valence-corrected chi connectivity index (χ1v) is 7.50. The Kier molecular flexibility index (Phi) is 4.83. The molecule has 5 nitrogen and oxygen atoms in total. The molecule has 1 aliphatic rings. The molecule has 114 valence electrons. The largest absolute Gasteiger partial charge is 0.349 e. The number of hydrogen-bond donors (Lipinski definition) is 1. The molecule has 2 atom stereocenters. The standard InChI is InChI=1S/C15H19ClN2O3/c1-9-6-10(2)8-11(7-9)17-15(19)12-4-3-5-13(14(12)16)18(20)21/h3-5,9-11H,6-8H2,1-2H3,(H,17,19). The van der Waals surface area contributed by atoms with Crippen molar-refractivity contribution in [2.24, 2.45) is 11.8 Å². The van der Waals surface area contributed by atoms with Crippen molar-refractivity contribution in [3.8, 4) is 0 Å². The van der Waals surface area contributed by atoms with Gasteiger partial charge in [0.2, 0.25) is 0 Å². The van der Waals surface area contributed by atoms with Gasteiger partial charge in [-0.1, -0.05) is 31.5 Å². The van der Waals surface area contributed by atoms with Crippen LogP contribution in [-0.4, -0.2) is 16.9 Å². The van der Waals surface area contributed by atoms with E-state index in [0.717, 1.165) is 12.8 Å². The first-order chi connectivity index (χ1) is 9.88. The van der Waals surface area contributed by atoms with Crippen molar-refractivity contribution in [2.45, 2.75) is 39.2 Å². The lowest BCUT2D eigenvalue weighted by molar-refractivity contribution is -0.384. The molecule has 1 aliphatic carbocycles. The highest BCUT2D eigenvalue weighted by Crippen LogP contribution is 2.30. The molecule has 0 aromatic heterocycles. The number of amides is 1. The van der Waals surface area contributed by atoms with Crippen LogP contribution in [0.5, 0.6) is 0 Å². The predicted molar refractivity (Wildman–Crippen MR) is 81.5 cm³/mol. The third-order valence-electron chi connectivity index (χ3n) is 3.93. The van der Waals surface area contributed by atoms with E-state index in [4.69, 9.17) is 11.6 Å². The Balaban J connectivity index is 2.14. The Hall–Kier alpha value is -1.62. The summed E-state index contributed by atoms with van der Waals surface area (Å²) in [6.07, 6.45) is 3.04. The van der Waals surface area contributed by atoms with E-state index in [-0.39, 0.29) is 28.2 Å². The van der Waals surface area contributed by atoms with Crippen LogP contribution in [0.25, 0.3) is 0 Å². The third kappa shape index (κ3) is 3.73. The van der Waals surface area contributed by atoms with Gasteiger partial charge in [-0.25, -0.2) is 0 Å². The van der Waals surface area contributed by atoms with E-state index in [9.17, 15) is 14.9 Å². The van der Waals surface area contributed by atoms with Crippen LogP contribution in [0.1, 0.15) is 43.5 Å². The molecule has 1 saturated carbocycles. The Morgan fingerprint density at radius 3 is 2.48 bits per heavy atom. The molecule has 2 rings (SSSR count). The molecule has 1 N–H and O–H groups in total. The monoisotopic (exact) mass is 310 g/mol. The average Bonchev–Trinajstić information content (AvgIpc) is 2.37. The predicted octanol–water partition coefficient (Wildman–Crippen LogP) is 3.80. The minimum Gasteiger partial charge on any atom is -0.349 e. The quantitative estimate of drug-likeness (QED) is 0.681. The SMILES string of the molecule is CC1CC(C)CC(NC(=O)c2cccc([N+](=O)[O-])c2Cl)C1. The van der Waals surface area contributed by atoms with E-state index >= 15 is 0 Å². The van der Waals surface area contributed by atoms with E-state index in [1.165, 1.54) is 24.6 Å². The Bertz CT molecular complexity index is 552. The van der Waals surface area contributed by atoms with Crippen LogP contribution in [0, 0.1) is 22.0 Å². The highest BCUT2D eigenvalue weighted by molar-refractivity contribution is 6.35. The number of nitrogens with one attached hydrogen (secondary N) is 1. The number of carbonyl (C=O) groups excluding carboxylic acids is 1. The average molecular weight is 311 g/mol. The van der Waals surface area contributed by atoms with Gasteiger partial charge in [0.15, 0.2) is 0 Å². The van der Waals surface area contributed by atoms with Crippen molar-refractivity contribution in [1.82, 2.24) is 5.32 Å². The smallest absolute Gasteiger partial charge is 0.288 e. The molecular weight excluding hydrogens is 292 g/mol. The number of nitrogens with zero attached hydrogens (tertiary/aromatic N) is 1. The zero-order valence-corrected chi connectivity index (χ0v) is 12.9. The summed E-state index contributed by atoms with van der Waals surface area (Å²) < 4.78 is 0. The molecule has 0 aliphatic heterocycles. The fraction of sp³-hybridized carbons (Fsp3) is 0.533. The number of halogens is 1. The number of benzene rings is 1. The number of carbonyl (C=O) groups is 1. The highest BCUT2D eigenvalue weighted by Gasteiger charge is 2.27. The van der Waals surface area contributed by atoms with Gasteiger partial charge in [-0.05, 0) is 37.2 Å². The molecule has 1 aromatic carbocycles. The van der Waals surface area contributed by atoms with Crippen LogP contribution in [0.15, 0.2) is 18.2 Å². The Morgan fingerprint density at radius 1 is 1.29 bits per heavy atom. The topological polar surface area (TPSA) is 72.2 Å². The van der Waals surface area contributed by atoms with Gasteiger partial charge >= 0.3 is 0 Å². The normalized spacial score (nSPS) is 25.4. The minimum atomic E-state index is -0.579. The summed E-state index contributed by atoms with van der Waals surface area (Å²) in [5.41, 5.74) is -0.0774.